The quantitative estimate of drug-likeness (QED) is 0.602. The lowest BCUT2D eigenvalue weighted by Gasteiger charge is -2.03. The van der Waals surface area contributed by atoms with E-state index in [0.717, 1.165) is 0 Å². The van der Waals surface area contributed by atoms with Crippen LogP contribution in [0.2, 0.25) is 0 Å². The van der Waals surface area contributed by atoms with Crippen molar-refractivity contribution in [3.8, 4) is 5.95 Å². The second kappa shape index (κ2) is 2.58. The number of hydrogen-bond acceptors (Lipinski definition) is 2. The molecule has 0 aliphatic heterocycles. The molecule has 0 N–H and O–H groups in total. The summed E-state index contributed by atoms with van der Waals surface area (Å²) < 4.78 is 9.96. The summed E-state index contributed by atoms with van der Waals surface area (Å²) in [5.41, 5.74) is 0. The fraction of sp³-hybridized carbons (Fsp3) is 0.286. The maximum atomic E-state index is 5.08. The van der Waals surface area contributed by atoms with E-state index in [1.165, 1.54) is 0 Å². The molecule has 0 aromatic carbocycles. The minimum Gasteiger partial charge on any atom is -0.462 e. The second-order valence-corrected chi connectivity index (χ2v) is 1.86. The summed E-state index contributed by atoms with van der Waals surface area (Å²) in [5, 5.41) is 0. The molecule has 0 fully saturated rings. The fourth-order valence-corrected chi connectivity index (χ4v) is 0.529. The first-order valence-electron chi connectivity index (χ1n) is 2.82. The molecule has 1 rings (SSSR count). The van der Waals surface area contributed by atoms with E-state index in [2.05, 4.69) is 6.92 Å². The standard InChI is InChI=1S/C7H9O2/c1-6(2)9-7-4-3-5-8-7/h3-6H,1H2,2H3. The molecule has 0 bridgehead atoms. The highest BCUT2D eigenvalue weighted by molar-refractivity contribution is 5.04. The Balaban J connectivity index is 2.48. The predicted molar refractivity (Wildman–Crippen MR) is 34.2 cm³/mol. The van der Waals surface area contributed by atoms with E-state index < -0.39 is 0 Å². The van der Waals surface area contributed by atoms with Crippen LogP contribution in [0, 0.1) is 6.92 Å². The molecule has 1 radical (unpaired) electrons. The second-order valence-electron chi connectivity index (χ2n) is 1.86. The van der Waals surface area contributed by atoms with Gasteiger partial charge in [-0.3, -0.25) is 0 Å². The topological polar surface area (TPSA) is 22.4 Å². The van der Waals surface area contributed by atoms with Crippen LogP contribution in [0.5, 0.6) is 5.95 Å². The van der Waals surface area contributed by atoms with Crippen LogP contribution in [-0.4, -0.2) is 6.10 Å². The van der Waals surface area contributed by atoms with Crippen molar-refractivity contribution in [3.63, 3.8) is 0 Å². The third kappa shape index (κ3) is 1.80. The number of furan rings is 1. The van der Waals surface area contributed by atoms with Gasteiger partial charge in [0.2, 0.25) is 0 Å². The molecule has 0 aliphatic rings. The average Bonchev–Trinajstić information content (AvgIpc) is 2.15. The normalized spacial score (nSPS) is 10.1. The van der Waals surface area contributed by atoms with Gasteiger partial charge in [0.1, 0.15) is 0 Å². The van der Waals surface area contributed by atoms with E-state index in [-0.39, 0.29) is 6.10 Å². The van der Waals surface area contributed by atoms with Crippen LogP contribution in [-0.2, 0) is 0 Å². The molecule has 9 heavy (non-hydrogen) atoms. The minimum atomic E-state index is -0.0591. The summed E-state index contributed by atoms with van der Waals surface area (Å²) in [4.78, 5) is 0. The molecule has 0 amide bonds. The highest BCUT2D eigenvalue weighted by Gasteiger charge is 1.96. The van der Waals surface area contributed by atoms with Crippen LogP contribution in [0.3, 0.4) is 0 Å². The molecule has 1 heterocycles. The van der Waals surface area contributed by atoms with Crippen molar-refractivity contribution in [2.75, 3.05) is 0 Å². The fourth-order valence-electron chi connectivity index (χ4n) is 0.529. The molecule has 1 atom stereocenters. The van der Waals surface area contributed by atoms with Gasteiger partial charge in [0, 0.05) is 6.07 Å². The zero-order chi connectivity index (χ0) is 6.69. The molecule has 0 saturated heterocycles. The molecule has 1 unspecified atom stereocenters. The Hall–Kier alpha value is -0.920. The Morgan fingerprint density at radius 3 is 3.00 bits per heavy atom. The van der Waals surface area contributed by atoms with Crippen molar-refractivity contribution in [2.24, 2.45) is 0 Å². The SMILES string of the molecule is [CH2]C(C)Oc1ccco1. The molecule has 2 nitrogen and oxygen atoms in total. The van der Waals surface area contributed by atoms with Crippen LogP contribution < -0.4 is 4.74 Å². The van der Waals surface area contributed by atoms with E-state index in [0.29, 0.717) is 5.95 Å². The smallest absolute Gasteiger partial charge is 0.284 e. The van der Waals surface area contributed by atoms with Gasteiger partial charge >= 0.3 is 0 Å². The summed E-state index contributed by atoms with van der Waals surface area (Å²) in [6.45, 7) is 5.48. The van der Waals surface area contributed by atoms with Gasteiger partial charge in [-0.25, -0.2) is 0 Å². The third-order valence-corrected chi connectivity index (χ3v) is 0.812. The first-order valence-corrected chi connectivity index (χ1v) is 2.82. The number of rotatable bonds is 2. The highest BCUT2D eigenvalue weighted by atomic mass is 16.6. The molecule has 0 spiro atoms. The Bertz CT molecular complexity index is 153. The number of hydrogen-bond donors (Lipinski definition) is 0. The van der Waals surface area contributed by atoms with Crippen molar-refractivity contribution in [3.05, 3.63) is 25.3 Å². The average molecular weight is 125 g/mol. The summed E-state index contributed by atoms with van der Waals surface area (Å²) >= 11 is 0. The molecular formula is C7H9O2. The van der Waals surface area contributed by atoms with Crippen LogP contribution in [0.15, 0.2) is 22.8 Å². The van der Waals surface area contributed by atoms with Crippen molar-refractivity contribution < 1.29 is 9.15 Å². The van der Waals surface area contributed by atoms with Crippen LogP contribution >= 0.6 is 0 Å². The molecular weight excluding hydrogens is 116 g/mol. The zero-order valence-electron chi connectivity index (χ0n) is 5.33. The van der Waals surface area contributed by atoms with Gasteiger partial charge in [-0.2, -0.15) is 0 Å². The van der Waals surface area contributed by atoms with E-state index >= 15 is 0 Å². The van der Waals surface area contributed by atoms with Gasteiger partial charge in [0.05, 0.1) is 12.4 Å². The van der Waals surface area contributed by atoms with Crippen LogP contribution in [0.4, 0.5) is 0 Å². The first-order chi connectivity index (χ1) is 4.29. The van der Waals surface area contributed by atoms with E-state index in [9.17, 15) is 0 Å². The Morgan fingerprint density at radius 1 is 1.78 bits per heavy atom. The summed E-state index contributed by atoms with van der Waals surface area (Å²) in [7, 11) is 0. The van der Waals surface area contributed by atoms with Crippen molar-refractivity contribution in [2.45, 2.75) is 13.0 Å². The molecule has 1 aromatic heterocycles. The van der Waals surface area contributed by atoms with Crippen LogP contribution in [0.25, 0.3) is 0 Å². The zero-order valence-corrected chi connectivity index (χ0v) is 5.33. The van der Waals surface area contributed by atoms with Crippen molar-refractivity contribution in [1.82, 2.24) is 0 Å². The lowest BCUT2D eigenvalue weighted by molar-refractivity contribution is 0.205. The van der Waals surface area contributed by atoms with E-state index in [4.69, 9.17) is 9.15 Å². The van der Waals surface area contributed by atoms with Gasteiger partial charge in [0.25, 0.3) is 5.95 Å². The maximum absolute atomic E-state index is 5.08. The summed E-state index contributed by atoms with van der Waals surface area (Å²) in [5.74, 6) is 0.525. The minimum absolute atomic E-state index is 0.0591. The van der Waals surface area contributed by atoms with E-state index in [1.54, 1.807) is 18.4 Å². The monoisotopic (exact) mass is 125 g/mol. The number of ether oxygens (including phenoxy) is 1. The van der Waals surface area contributed by atoms with Gasteiger partial charge in [-0.05, 0) is 19.9 Å². The Morgan fingerprint density at radius 2 is 2.56 bits per heavy atom. The van der Waals surface area contributed by atoms with Gasteiger partial charge in [-0.1, -0.05) is 0 Å². The molecule has 0 aliphatic carbocycles. The largest absolute Gasteiger partial charge is 0.462 e. The van der Waals surface area contributed by atoms with Gasteiger partial charge in [0.15, 0.2) is 0 Å². The highest BCUT2D eigenvalue weighted by Crippen LogP contribution is 2.11. The molecule has 2 heteroatoms. The Kier molecular flexibility index (Phi) is 1.78. The summed E-state index contributed by atoms with van der Waals surface area (Å²) in [6, 6.07) is 3.53. The van der Waals surface area contributed by atoms with Gasteiger partial charge < -0.3 is 9.15 Å². The Labute approximate surface area is 54.4 Å². The molecule has 0 saturated carbocycles. The van der Waals surface area contributed by atoms with Crippen LogP contribution in [0.1, 0.15) is 6.92 Å². The lowest BCUT2D eigenvalue weighted by atomic mass is 10.5. The molecule has 1 aromatic rings. The van der Waals surface area contributed by atoms with Crippen molar-refractivity contribution in [1.29, 1.82) is 0 Å². The predicted octanol–water partition coefficient (Wildman–Crippen LogP) is 1.88. The third-order valence-electron chi connectivity index (χ3n) is 0.812. The lowest BCUT2D eigenvalue weighted by Crippen LogP contribution is -2.04. The maximum Gasteiger partial charge on any atom is 0.284 e. The van der Waals surface area contributed by atoms with Crippen molar-refractivity contribution >= 4 is 0 Å². The van der Waals surface area contributed by atoms with E-state index in [1.807, 2.05) is 6.92 Å². The molecule has 49 valence electrons. The van der Waals surface area contributed by atoms with Gasteiger partial charge in [-0.15, -0.1) is 0 Å². The summed E-state index contributed by atoms with van der Waals surface area (Å²) in [6.07, 6.45) is 1.51. The first kappa shape index (κ1) is 6.20.